The highest BCUT2D eigenvalue weighted by molar-refractivity contribution is 5.94. The van der Waals surface area contributed by atoms with Crippen LogP contribution in [0.1, 0.15) is 268 Å². The van der Waals surface area contributed by atoms with E-state index in [0.29, 0.717) is 104 Å². The Morgan fingerprint density at radius 2 is 0.588 bits per heavy atom. The summed E-state index contributed by atoms with van der Waals surface area (Å²) in [5.41, 5.74) is 1.24. The number of unbranched alkanes of at least 4 members (excludes halogenated alkanes) is 15. The molecular weight excluding hydrogens is 1450 g/mol. The summed E-state index contributed by atoms with van der Waals surface area (Å²) in [5, 5.41) is 0. The van der Waals surface area contributed by atoms with Gasteiger partial charge in [0.1, 0.15) is 46.0 Å². The minimum absolute atomic E-state index is 0.0443. The third-order valence-corrected chi connectivity index (χ3v) is 20.1. The number of rotatable bonds is 51. The molecule has 0 aromatic heterocycles. The molecule has 0 atom stereocenters. The van der Waals surface area contributed by atoms with Gasteiger partial charge in [0.05, 0.1) is 87.3 Å². The number of ether oxygens (including phenoxy) is 12. The zero-order valence-corrected chi connectivity index (χ0v) is 67.1. The summed E-state index contributed by atoms with van der Waals surface area (Å²) in [7, 11) is 0. The SMILES string of the molecule is C=CC(=O)OCCCCCCOc1ccc(C(=O)Oc2ccc(OC(=O)c3ccc(OC(=O)c4ccc(OCCCCCCOC(=O)CCCCCOC(=O)CCC(=O)OCCCCCCCCOc5ccc(C(=O)Oc6ccc(OC(=O)C7CCC(C8CCC(CCCCC)CC8)CC7)cc6)cc5)cc4)cc3)cc2)cc1.CC. The van der Waals surface area contributed by atoms with Gasteiger partial charge in [-0.25, -0.2) is 24.0 Å². The van der Waals surface area contributed by atoms with Gasteiger partial charge in [0, 0.05) is 12.5 Å². The van der Waals surface area contributed by atoms with E-state index in [1.54, 1.807) is 97.1 Å². The van der Waals surface area contributed by atoms with E-state index in [4.69, 9.17) is 56.8 Å². The minimum Gasteiger partial charge on any atom is -0.494 e. The Labute approximate surface area is 673 Å². The lowest BCUT2D eigenvalue weighted by atomic mass is 9.68. The number of carbonyl (C=O) groups is 9. The molecule has 0 radical (unpaired) electrons. The van der Waals surface area contributed by atoms with E-state index < -0.39 is 41.8 Å². The van der Waals surface area contributed by atoms with Crippen LogP contribution in [0, 0.1) is 23.7 Å². The highest BCUT2D eigenvalue weighted by Gasteiger charge is 2.34. The normalized spacial score (nSPS) is 14.9. The number of hydrogen-bond donors (Lipinski definition) is 0. The fourth-order valence-corrected chi connectivity index (χ4v) is 13.5. The fourth-order valence-electron chi connectivity index (χ4n) is 13.5. The van der Waals surface area contributed by atoms with Crippen LogP contribution in [0.15, 0.2) is 158 Å². The number of carbonyl (C=O) groups excluding carboxylic acids is 9. The van der Waals surface area contributed by atoms with E-state index in [0.717, 1.165) is 139 Å². The molecule has 2 aliphatic carbocycles. The fraction of sp³-hybridized carbons (Fsp3) is 0.495. The first-order valence-electron chi connectivity index (χ1n) is 41.5. The lowest BCUT2D eigenvalue weighted by molar-refractivity contribution is -0.150. The van der Waals surface area contributed by atoms with E-state index in [1.807, 2.05) is 13.8 Å². The van der Waals surface area contributed by atoms with Crippen molar-refractivity contribution >= 4 is 53.7 Å². The van der Waals surface area contributed by atoms with Crippen LogP contribution in [0.3, 0.4) is 0 Å². The Kier molecular flexibility index (Phi) is 42.8. The van der Waals surface area contributed by atoms with E-state index in [1.165, 1.54) is 99.9 Å². The van der Waals surface area contributed by atoms with Crippen LogP contribution in [0.2, 0.25) is 0 Å². The van der Waals surface area contributed by atoms with Gasteiger partial charge in [-0.3, -0.25) is 19.2 Å². The van der Waals surface area contributed by atoms with E-state index in [-0.39, 0.29) is 66.5 Å². The lowest BCUT2D eigenvalue weighted by Gasteiger charge is -2.37. The molecule has 2 saturated carbocycles. The smallest absolute Gasteiger partial charge is 0.343 e. The molecule has 2 aliphatic rings. The minimum atomic E-state index is -0.647. The molecule has 6 aromatic carbocycles. The molecule has 114 heavy (non-hydrogen) atoms. The lowest BCUT2D eigenvalue weighted by Crippen LogP contribution is -2.30. The first kappa shape index (κ1) is 90.9. The molecule has 0 heterocycles. The highest BCUT2D eigenvalue weighted by Crippen LogP contribution is 2.43. The van der Waals surface area contributed by atoms with Crippen molar-refractivity contribution < 1.29 is 100.0 Å². The Bertz CT molecular complexity index is 3820. The molecule has 21 heteroatoms. The Balaban J connectivity index is 0.00000893. The maximum Gasteiger partial charge on any atom is 0.343 e. The molecule has 0 unspecified atom stereocenters. The molecule has 616 valence electrons. The summed E-state index contributed by atoms with van der Waals surface area (Å²) in [6, 6.07) is 38.6. The zero-order valence-electron chi connectivity index (χ0n) is 67.1. The summed E-state index contributed by atoms with van der Waals surface area (Å²) in [6.07, 6.45) is 30.2. The molecule has 0 bridgehead atoms. The average molecular weight is 1570 g/mol. The molecule has 6 aromatic rings. The quantitative estimate of drug-likeness (QED) is 0.0113. The van der Waals surface area contributed by atoms with Gasteiger partial charge in [-0.1, -0.05) is 91.6 Å². The van der Waals surface area contributed by atoms with Crippen molar-refractivity contribution in [1.29, 1.82) is 0 Å². The monoisotopic (exact) mass is 1570 g/mol. The van der Waals surface area contributed by atoms with Gasteiger partial charge in [0.2, 0.25) is 0 Å². The molecular formula is C93H118O21. The third-order valence-electron chi connectivity index (χ3n) is 20.1. The maximum absolute atomic E-state index is 13.1. The molecule has 21 nitrogen and oxygen atoms in total. The zero-order chi connectivity index (χ0) is 81.2. The average Bonchev–Trinajstić information content (AvgIpc) is 0.846. The van der Waals surface area contributed by atoms with E-state index in [2.05, 4.69) is 13.5 Å². The first-order chi connectivity index (χ1) is 55.7. The third kappa shape index (κ3) is 35.8. The highest BCUT2D eigenvalue weighted by atomic mass is 16.6. The number of benzene rings is 6. The summed E-state index contributed by atoms with van der Waals surface area (Å²) in [4.78, 5) is 112. The van der Waals surface area contributed by atoms with Crippen molar-refractivity contribution in [3.8, 4) is 46.0 Å². The molecule has 0 N–H and O–H groups in total. The van der Waals surface area contributed by atoms with Gasteiger partial charge in [-0.15, -0.1) is 0 Å². The topological polar surface area (TPSA) is 264 Å². The second-order valence-corrected chi connectivity index (χ2v) is 28.7. The Hall–Kier alpha value is -10.3. The second-order valence-electron chi connectivity index (χ2n) is 28.7. The summed E-state index contributed by atoms with van der Waals surface area (Å²) in [5.74, 6) is 1.71. The molecule has 8 rings (SSSR count). The van der Waals surface area contributed by atoms with Gasteiger partial charge >= 0.3 is 53.7 Å². The predicted molar refractivity (Wildman–Crippen MR) is 433 cm³/mol. The van der Waals surface area contributed by atoms with Crippen molar-refractivity contribution in [2.24, 2.45) is 23.7 Å². The van der Waals surface area contributed by atoms with Crippen molar-refractivity contribution in [1.82, 2.24) is 0 Å². The van der Waals surface area contributed by atoms with Crippen molar-refractivity contribution in [3.05, 3.63) is 181 Å². The number of hydrogen-bond acceptors (Lipinski definition) is 21. The van der Waals surface area contributed by atoms with Gasteiger partial charge in [-0.2, -0.15) is 0 Å². The largest absolute Gasteiger partial charge is 0.494 e. The standard InChI is InChI=1S/C91H112O21.C2H6/c1-3-5-15-24-67-26-28-68(29-27-67)69-30-32-70(33-31-69)87(96)109-79-50-52-80(53-51-79)110-89(98)72-36-44-75(45-37-72)101-60-17-8-6-7-9-20-65-106-85(94)58-59-86(95)107-66-23-14-16-25-84(93)105-64-22-13-11-19-62-103-76-42-34-71(35-43-76)88(97)108-78-48-40-74(41-49-78)91(100)112-82-56-54-81(55-57-82)111-90(99)73-38-46-77(47-39-73)102-61-18-10-12-21-63-104-83(92)4-2;1-2/h4,34-57,67-70H,2-3,5-33,58-66H2,1H3;1-2H3. The number of esters is 9. The van der Waals surface area contributed by atoms with Crippen LogP contribution >= 0.6 is 0 Å². The van der Waals surface area contributed by atoms with Gasteiger partial charge in [0.25, 0.3) is 0 Å². The van der Waals surface area contributed by atoms with Crippen LogP contribution in [0.25, 0.3) is 0 Å². The van der Waals surface area contributed by atoms with Crippen LogP contribution < -0.4 is 37.9 Å². The van der Waals surface area contributed by atoms with E-state index in [9.17, 15) is 43.2 Å². The molecule has 0 saturated heterocycles. The molecule has 2 fully saturated rings. The Morgan fingerprint density at radius 3 is 0.930 bits per heavy atom. The molecule has 0 spiro atoms. The van der Waals surface area contributed by atoms with Crippen molar-refractivity contribution in [2.45, 2.75) is 226 Å². The van der Waals surface area contributed by atoms with E-state index >= 15 is 0 Å². The van der Waals surface area contributed by atoms with Crippen LogP contribution in [0.4, 0.5) is 0 Å². The van der Waals surface area contributed by atoms with Crippen LogP contribution in [-0.2, 0) is 42.9 Å². The maximum atomic E-state index is 13.1. The van der Waals surface area contributed by atoms with Crippen molar-refractivity contribution in [3.63, 3.8) is 0 Å². The summed E-state index contributed by atoms with van der Waals surface area (Å²) in [6.45, 7) is 12.4. The van der Waals surface area contributed by atoms with Crippen molar-refractivity contribution in [2.75, 3.05) is 46.2 Å². The van der Waals surface area contributed by atoms with Crippen LogP contribution in [0.5, 0.6) is 46.0 Å². The summed E-state index contributed by atoms with van der Waals surface area (Å²) < 4.78 is 66.3. The molecule has 0 amide bonds. The summed E-state index contributed by atoms with van der Waals surface area (Å²) >= 11 is 0. The molecule has 0 aliphatic heterocycles. The first-order valence-corrected chi connectivity index (χ1v) is 41.5. The second kappa shape index (κ2) is 53.6. The van der Waals surface area contributed by atoms with Gasteiger partial charge < -0.3 is 56.8 Å². The van der Waals surface area contributed by atoms with Crippen LogP contribution in [-0.4, -0.2) is 100.0 Å². The van der Waals surface area contributed by atoms with Gasteiger partial charge in [-0.05, 0) is 285 Å². The predicted octanol–water partition coefficient (Wildman–Crippen LogP) is 20.7. The Morgan fingerprint density at radius 1 is 0.307 bits per heavy atom. The van der Waals surface area contributed by atoms with Gasteiger partial charge in [0.15, 0.2) is 0 Å².